The number of amidine groups is 1. The van der Waals surface area contributed by atoms with Crippen molar-refractivity contribution in [1.82, 2.24) is 4.90 Å². The molecular weight excluding hydrogens is 648 g/mol. The number of nitrogens with one attached hydrogen (secondary N) is 1. The van der Waals surface area contributed by atoms with E-state index in [0.29, 0.717) is 54.1 Å². The van der Waals surface area contributed by atoms with Crippen molar-refractivity contribution in [1.29, 1.82) is 10.5 Å². The van der Waals surface area contributed by atoms with Crippen molar-refractivity contribution in [2.75, 3.05) is 35.3 Å². The summed E-state index contributed by atoms with van der Waals surface area (Å²) < 4.78 is 40.4. The highest BCUT2D eigenvalue weighted by Gasteiger charge is 2.44. The minimum atomic E-state index is -5.09. The second-order valence-electron chi connectivity index (χ2n) is 10.4. The minimum absolute atomic E-state index is 0.000178. The molecule has 0 spiro atoms. The Balaban J connectivity index is 1.54. The van der Waals surface area contributed by atoms with Crippen molar-refractivity contribution < 1.29 is 22.8 Å². The number of aliphatic imine (C=N–C) groups is 1. The molecule has 3 aromatic carbocycles. The van der Waals surface area contributed by atoms with Gasteiger partial charge >= 0.3 is 12.1 Å². The summed E-state index contributed by atoms with van der Waals surface area (Å²) in [6.45, 7) is 2.52. The van der Waals surface area contributed by atoms with Gasteiger partial charge in [-0.1, -0.05) is 42.1 Å². The van der Waals surface area contributed by atoms with Crippen LogP contribution in [0.1, 0.15) is 30.9 Å². The van der Waals surface area contributed by atoms with Gasteiger partial charge in [0.2, 0.25) is 0 Å². The lowest BCUT2D eigenvalue weighted by molar-refractivity contribution is -0.170. The van der Waals surface area contributed by atoms with E-state index in [9.17, 15) is 28.0 Å². The van der Waals surface area contributed by atoms with E-state index in [2.05, 4.69) is 11.4 Å². The normalized spacial score (nSPS) is 16.7. The number of halogens is 3. The van der Waals surface area contributed by atoms with Crippen LogP contribution in [0.25, 0.3) is 0 Å². The molecule has 47 heavy (non-hydrogen) atoms. The monoisotopic (exact) mass is 675 g/mol. The standard InChI is InChI=1S/C33H28F3N7O2S2/c1-3-39-24-13-11-22(19-38)17-25(24)40-32-43(20-21-9-5-4-6-10-21)29(44)28(47-32)30-41(2)26-14-12-23(18-27(26)46-30)42(16-8-7-15-37)31(45)33(34,35)36/h4-6,9-14,17-18,39H,3,7-8,16,20H2,1-2H3/b30-28-,40-32+. The summed E-state index contributed by atoms with van der Waals surface area (Å²) in [6.07, 6.45) is -5.01. The van der Waals surface area contributed by atoms with E-state index < -0.39 is 12.1 Å². The molecule has 2 heterocycles. The zero-order chi connectivity index (χ0) is 33.7. The number of carbonyl (C=O) groups excluding carboxylic acids is 2. The van der Waals surface area contributed by atoms with E-state index in [1.165, 1.54) is 35.7 Å². The number of amides is 2. The number of fused-ring (bicyclic) bond motifs is 1. The average Bonchev–Trinajstić information content (AvgIpc) is 3.54. The topological polar surface area (TPSA) is 116 Å². The van der Waals surface area contributed by atoms with Crippen LogP contribution in [0.2, 0.25) is 0 Å². The quantitative estimate of drug-likeness (QED) is 0.185. The molecule has 1 N–H and O–H groups in total. The van der Waals surface area contributed by atoms with Gasteiger partial charge in [-0.2, -0.15) is 23.7 Å². The summed E-state index contributed by atoms with van der Waals surface area (Å²) in [5, 5.41) is 22.6. The van der Waals surface area contributed by atoms with Gasteiger partial charge in [0, 0.05) is 37.1 Å². The number of rotatable bonds is 9. The Morgan fingerprint density at radius 1 is 1.06 bits per heavy atom. The molecule has 0 atom stereocenters. The van der Waals surface area contributed by atoms with Crippen molar-refractivity contribution >= 4 is 63.3 Å². The average molecular weight is 676 g/mol. The molecule has 14 heteroatoms. The van der Waals surface area contributed by atoms with Crippen molar-refractivity contribution in [3.05, 3.63) is 87.8 Å². The van der Waals surface area contributed by atoms with Gasteiger partial charge in [-0.3, -0.25) is 14.5 Å². The Hall–Kier alpha value is -4.92. The maximum absolute atomic E-state index is 14.1. The molecule has 2 amide bonds. The van der Waals surface area contributed by atoms with Gasteiger partial charge < -0.3 is 15.1 Å². The number of benzene rings is 3. The zero-order valence-corrected chi connectivity index (χ0v) is 27.0. The highest BCUT2D eigenvalue weighted by atomic mass is 32.2. The Morgan fingerprint density at radius 2 is 1.83 bits per heavy atom. The van der Waals surface area contributed by atoms with Gasteiger partial charge in [-0.05, 0) is 67.1 Å². The summed E-state index contributed by atoms with van der Waals surface area (Å²) in [5.41, 5.74) is 3.19. The van der Waals surface area contributed by atoms with Crippen molar-refractivity contribution in [3.63, 3.8) is 0 Å². The molecule has 0 radical (unpaired) electrons. The van der Waals surface area contributed by atoms with Gasteiger partial charge in [-0.25, -0.2) is 4.99 Å². The summed E-state index contributed by atoms with van der Waals surface area (Å²) >= 11 is 2.39. The molecule has 0 saturated carbocycles. The number of hydrogen-bond acceptors (Lipinski definition) is 9. The molecule has 1 fully saturated rings. The van der Waals surface area contributed by atoms with Crippen LogP contribution < -0.4 is 15.1 Å². The van der Waals surface area contributed by atoms with Crippen molar-refractivity contribution in [3.8, 4) is 12.1 Å². The van der Waals surface area contributed by atoms with Crippen LogP contribution in [0.5, 0.6) is 0 Å². The second kappa shape index (κ2) is 14.2. The lowest BCUT2D eigenvalue weighted by Crippen LogP contribution is -2.41. The number of nitrogens with zero attached hydrogens (tertiary/aromatic N) is 6. The van der Waals surface area contributed by atoms with E-state index in [1.807, 2.05) is 43.3 Å². The lowest BCUT2D eigenvalue weighted by atomic mass is 10.2. The molecule has 0 unspecified atom stereocenters. The third kappa shape index (κ3) is 7.24. The first-order valence-electron chi connectivity index (χ1n) is 14.5. The maximum Gasteiger partial charge on any atom is 0.471 e. The molecule has 0 aliphatic carbocycles. The van der Waals surface area contributed by atoms with Gasteiger partial charge in [0.25, 0.3) is 5.91 Å². The fourth-order valence-electron chi connectivity index (χ4n) is 4.99. The lowest BCUT2D eigenvalue weighted by Gasteiger charge is -2.24. The number of anilines is 3. The number of hydrogen-bond donors (Lipinski definition) is 1. The fourth-order valence-corrected chi connectivity index (χ4v) is 7.36. The van der Waals surface area contributed by atoms with E-state index in [1.54, 1.807) is 41.1 Å². The summed E-state index contributed by atoms with van der Waals surface area (Å²) in [6, 6.07) is 23.1. The van der Waals surface area contributed by atoms with Gasteiger partial charge in [0.05, 0.1) is 46.3 Å². The number of nitriles is 2. The third-order valence-electron chi connectivity index (χ3n) is 7.24. The first-order valence-corrected chi connectivity index (χ1v) is 16.1. The Labute approximate surface area is 278 Å². The molecule has 2 aliphatic heterocycles. The van der Waals surface area contributed by atoms with E-state index >= 15 is 0 Å². The smallest absolute Gasteiger partial charge is 0.384 e. The summed E-state index contributed by atoms with van der Waals surface area (Å²) in [7, 11) is 1.76. The summed E-state index contributed by atoms with van der Waals surface area (Å²) in [4.78, 5) is 36.2. The number of alkyl halides is 3. The predicted molar refractivity (Wildman–Crippen MR) is 178 cm³/mol. The zero-order valence-electron chi connectivity index (χ0n) is 25.3. The Bertz CT molecular complexity index is 1850. The molecule has 5 rings (SSSR count). The van der Waals surface area contributed by atoms with E-state index in [4.69, 9.17) is 10.3 Å². The van der Waals surface area contributed by atoms with Gasteiger partial charge in [0.1, 0.15) is 4.91 Å². The molecule has 0 aromatic heterocycles. The van der Waals surface area contributed by atoms with Crippen LogP contribution in [0, 0.1) is 22.7 Å². The molecule has 1 saturated heterocycles. The van der Waals surface area contributed by atoms with Crippen LogP contribution in [-0.4, -0.2) is 48.2 Å². The molecule has 2 aliphatic rings. The van der Waals surface area contributed by atoms with Crippen LogP contribution >= 0.6 is 23.5 Å². The van der Waals surface area contributed by atoms with Crippen molar-refractivity contribution in [2.24, 2.45) is 4.99 Å². The number of carbonyl (C=O) groups is 2. The molecule has 3 aromatic rings. The second-order valence-corrected chi connectivity index (χ2v) is 12.4. The molecule has 240 valence electrons. The first kappa shape index (κ1) is 33.4. The maximum atomic E-state index is 14.1. The van der Waals surface area contributed by atoms with Gasteiger partial charge in [0.15, 0.2) is 5.17 Å². The van der Waals surface area contributed by atoms with Crippen molar-refractivity contribution in [2.45, 2.75) is 37.4 Å². The molecule has 0 bridgehead atoms. The number of thioether (sulfide) groups is 2. The molecule has 9 nitrogen and oxygen atoms in total. The Morgan fingerprint density at radius 3 is 2.51 bits per heavy atom. The fraction of sp³-hybridized carbons (Fsp3) is 0.242. The van der Waals surface area contributed by atoms with Crippen LogP contribution in [0.4, 0.5) is 35.9 Å². The van der Waals surface area contributed by atoms with Gasteiger partial charge in [-0.15, -0.1) is 0 Å². The highest BCUT2D eigenvalue weighted by molar-refractivity contribution is 8.19. The Kier molecular flexibility index (Phi) is 10.1. The molecular formula is C33H28F3N7O2S2. The largest absolute Gasteiger partial charge is 0.471 e. The van der Waals surface area contributed by atoms with Crippen LogP contribution in [-0.2, 0) is 16.1 Å². The highest BCUT2D eigenvalue weighted by Crippen LogP contribution is 2.51. The van der Waals surface area contributed by atoms with Crippen LogP contribution in [0.3, 0.4) is 0 Å². The SMILES string of the molecule is CCNc1ccc(C#N)cc1/N=C1/S/C(=C2\Sc3cc(N(CCCC#N)C(=O)C(F)(F)F)ccc3N2C)C(=O)N1Cc1ccccc1. The van der Waals surface area contributed by atoms with Crippen LogP contribution in [0.15, 0.2) is 86.6 Å². The van der Waals surface area contributed by atoms with E-state index in [-0.39, 0.29) is 37.5 Å². The third-order valence-corrected chi connectivity index (χ3v) is 9.65. The predicted octanol–water partition coefficient (Wildman–Crippen LogP) is 7.36. The first-order chi connectivity index (χ1) is 22.5. The number of unbranched alkanes of at least 4 members (excludes halogenated alkanes) is 1. The summed E-state index contributed by atoms with van der Waals surface area (Å²) in [5.74, 6) is -2.31. The van der Waals surface area contributed by atoms with E-state index in [0.717, 1.165) is 5.56 Å². The minimum Gasteiger partial charge on any atom is -0.384 e.